The van der Waals surface area contributed by atoms with Crippen LogP contribution in [0.5, 0.6) is 5.75 Å². The number of rotatable bonds is 11. The highest BCUT2D eigenvalue weighted by atomic mass is 32.2. The molecule has 1 rings (SSSR count). The first-order valence-electron chi connectivity index (χ1n) is 8.11. The summed E-state index contributed by atoms with van der Waals surface area (Å²) in [5, 5.41) is 9.65. The van der Waals surface area contributed by atoms with Gasteiger partial charge in [0.1, 0.15) is 5.75 Å². The van der Waals surface area contributed by atoms with Gasteiger partial charge in [-0.05, 0) is 36.3 Å². The van der Waals surface area contributed by atoms with Crippen molar-refractivity contribution in [2.24, 2.45) is 0 Å². The van der Waals surface area contributed by atoms with Crippen molar-refractivity contribution in [3.05, 3.63) is 29.3 Å². The summed E-state index contributed by atoms with van der Waals surface area (Å²) in [6.07, 6.45) is 11.1. The number of hydrogen-bond donors (Lipinski definition) is 1. The van der Waals surface area contributed by atoms with E-state index in [1.807, 2.05) is 24.8 Å². The molecule has 1 aromatic rings. The Kier molecular flexibility index (Phi) is 9.65. The molecule has 2 heteroatoms. The molecule has 1 aromatic carbocycles. The molecular weight excluding hydrogens is 264 g/mol. The first-order chi connectivity index (χ1) is 9.75. The molecule has 0 aliphatic rings. The van der Waals surface area contributed by atoms with Gasteiger partial charge < -0.3 is 5.11 Å². The van der Waals surface area contributed by atoms with Crippen LogP contribution >= 0.6 is 11.8 Å². The minimum absolute atomic E-state index is 0.426. The van der Waals surface area contributed by atoms with Gasteiger partial charge in [-0.25, -0.2) is 0 Å². The quantitative estimate of drug-likeness (QED) is 0.499. The third-order valence-corrected chi connectivity index (χ3v) is 4.91. The molecule has 0 fully saturated rings. The molecule has 0 unspecified atom stereocenters. The van der Waals surface area contributed by atoms with Gasteiger partial charge in [0.15, 0.2) is 0 Å². The lowest BCUT2D eigenvalue weighted by Gasteiger charge is -2.07. The molecular formula is C18H30OS. The van der Waals surface area contributed by atoms with Crippen molar-refractivity contribution in [1.29, 1.82) is 0 Å². The molecule has 114 valence electrons. The third-order valence-electron chi connectivity index (χ3n) is 3.82. The fourth-order valence-electron chi connectivity index (χ4n) is 2.35. The van der Waals surface area contributed by atoms with E-state index >= 15 is 0 Å². The maximum Gasteiger partial charge on any atom is 0.118 e. The van der Waals surface area contributed by atoms with Gasteiger partial charge in [-0.2, -0.15) is 11.8 Å². The summed E-state index contributed by atoms with van der Waals surface area (Å²) < 4.78 is 0. The number of benzene rings is 1. The maximum atomic E-state index is 9.65. The van der Waals surface area contributed by atoms with Crippen LogP contribution in [0.4, 0.5) is 0 Å². The zero-order valence-corrected chi connectivity index (χ0v) is 14.0. The van der Waals surface area contributed by atoms with Crippen molar-refractivity contribution >= 4 is 11.8 Å². The zero-order chi connectivity index (χ0) is 14.6. The van der Waals surface area contributed by atoms with Crippen LogP contribution in [0.25, 0.3) is 0 Å². The Hall–Kier alpha value is -0.630. The van der Waals surface area contributed by atoms with Crippen molar-refractivity contribution < 1.29 is 5.11 Å². The Morgan fingerprint density at radius 3 is 2.30 bits per heavy atom. The first kappa shape index (κ1) is 17.4. The van der Waals surface area contributed by atoms with Gasteiger partial charge >= 0.3 is 0 Å². The van der Waals surface area contributed by atoms with Crippen LogP contribution in [-0.4, -0.2) is 10.9 Å². The van der Waals surface area contributed by atoms with Crippen LogP contribution in [0.15, 0.2) is 18.2 Å². The van der Waals surface area contributed by atoms with E-state index in [-0.39, 0.29) is 0 Å². The van der Waals surface area contributed by atoms with E-state index in [1.54, 1.807) is 6.07 Å². The van der Waals surface area contributed by atoms with Gasteiger partial charge in [-0.1, -0.05) is 64.0 Å². The lowest BCUT2D eigenvalue weighted by atomic mass is 10.1. The van der Waals surface area contributed by atoms with Gasteiger partial charge in [0, 0.05) is 5.75 Å². The molecule has 0 saturated carbocycles. The predicted octanol–water partition coefficient (Wildman–Crippen LogP) is 6.07. The Bertz CT molecular complexity index is 362. The Labute approximate surface area is 129 Å². The van der Waals surface area contributed by atoms with Crippen LogP contribution in [0.3, 0.4) is 0 Å². The summed E-state index contributed by atoms with van der Waals surface area (Å²) in [5.41, 5.74) is 2.31. The summed E-state index contributed by atoms with van der Waals surface area (Å²) in [6, 6.07) is 5.83. The van der Waals surface area contributed by atoms with Gasteiger partial charge in [-0.3, -0.25) is 0 Å². The number of thioether (sulfide) groups is 1. The van der Waals surface area contributed by atoms with Crippen LogP contribution in [0.2, 0.25) is 0 Å². The topological polar surface area (TPSA) is 20.2 Å². The van der Waals surface area contributed by atoms with Crippen LogP contribution in [0.1, 0.15) is 69.4 Å². The van der Waals surface area contributed by atoms with Crippen molar-refractivity contribution in [2.75, 3.05) is 5.75 Å². The fraction of sp³-hybridized carbons (Fsp3) is 0.667. The van der Waals surface area contributed by atoms with Crippen LogP contribution < -0.4 is 0 Å². The summed E-state index contributed by atoms with van der Waals surface area (Å²) in [7, 11) is 0. The largest absolute Gasteiger partial charge is 0.508 e. The Balaban J connectivity index is 1.98. The standard InChI is InChI=1S/C18H30OS/c1-3-4-5-6-7-8-9-10-14-20-15-17-12-11-13-18(19)16(17)2/h11-13,19H,3-10,14-15H2,1-2H3. The lowest BCUT2D eigenvalue weighted by molar-refractivity contribution is 0.470. The minimum Gasteiger partial charge on any atom is -0.508 e. The third kappa shape index (κ3) is 7.23. The fourth-order valence-corrected chi connectivity index (χ4v) is 3.43. The molecule has 0 aromatic heterocycles. The van der Waals surface area contributed by atoms with Crippen molar-refractivity contribution in [2.45, 2.75) is 71.0 Å². The SMILES string of the molecule is CCCCCCCCCCSCc1cccc(O)c1C. The number of phenolic OH excluding ortho intramolecular Hbond substituents is 1. The van der Waals surface area contributed by atoms with E-state index in [2.05, 4.69) is 13.0 Å². The highest BCUT2D eigenvalue weighted by Crippen LogP contribution is 2.24. The van der Waals surface area contributed by atoms with Crippen LogP contribution in [-0.2, 0) is 5.75 Å². The molecule has 0 radical (unpaired) electrons. The molecule has 1 nitrogen and oxygen atoms in total. The molecule has 0 heterocycles. The predicted molar refractivity (Wildman–Crippen MR) is 91.6 cm³/mol. The Morgan fingerprint density at radius 2 is 1.60 bits per heavy atom. The van der Waals surface area contributed by atoms with E-state index in [4.69, 9.17) is 0 Å². The average Bonchev–Trinajstić information content (AvgIpc) is 2.45. The van der Waals surface area contributed by atoms with Crippen molar-refractivity contribution in [1.82, 2.24) is 0 Å². The molecule has 0 bridgehead atoms. The van der Waals surface area contributed by atoms with E-state index in [9.17, 15) is 5.11 Å². The molecule has 0 saturated heterocycles. The first-order valence-corrected chi connectivity index (χ1v) is 9.26. The monoisotopic (exact) mass is 294 g/mol. The average molecular weight is 295 g/mol. The van der Waals surface area contributed by atoms with Gasteiger partial charge in [0.2, 0.25) is 0 Å². The minimum atomic E-state index is 0.426. The van der Waals surface area contributed by atoms with Gasteiger partial charge in [-0.15, -0.1) is 0 Å². The molecule has 1 N–H and O–H groups in total. The van der Waals surface area contributed by atoms with Crippen molar-refractivity contribution in [3.8, 4) is 5.75 Å². The van der Waals surface area contributed by atoms with E-state index in [0.29, 0.717) is 5.75 Å². The Morgan fingerprint density at radius 1 is 0.950 bits per heavy atom. The van der Waals surface area contributed by atoms with E-state index in [1.165, 1.54) is 62.7 Å². The van der Waals surface area contributed by atoms with Crippen LogP contribution in [0, 0.1) is 6.92 Å². The normalized spacial score (nSPS) is 10.9. The lowest BCUT2D eigenvalue weighted by Crippen LogP contribution is -1.89. The molecule has 0 atom stereocenters. The second-order valence-corrected chi connectivity index (χ2v) is 6.69. The van der Waals surface area contributed by atoms with Gasteiger partial charge in [0.25, 0.3) is 0 Å². The molecule has 0 aliphatic heterocycles. The van der Waals surface area contributed by atoms with Gasteiger partial charge in [0.05, 0.1) is 0 Å². The summed E-state index contributed by atoms with van der Waals surface area (Å²) in [5.74, 6) is 2.69. The second-order valence-electron chi connectivity index (χ2n) is 5.59. The smallest absolute Gasteiger partial charge is 0.118 e. The number of unbranched alkanes of at least 4 members (excludes halogenated alkanes) is 7. The molecule has 0 spiro atoms. The summed E-state index contributed by atoms with van der Waals surface area (Å²) >= 11 is 1.99. The number of aromatic hydroxyl groups is 1. The highest BCUT2D eigenvalue weighted by molar-refractivity contribution is 7.98. The summed E-state index contributed by atoms with van der Waals surface area (Å²) in [4.78, 5) is 0. The second kappa shape index (κ2) is 11.1. The zero-order valence-electron chi connectivity index (χ0n) is 13.2. The molecule has 0 amide bonds. The maximum absolute atomic E-state index is 9.65. The number of hydrogen-bond acceptors (Lipinski definition) is 2. The highest BCUT2D eigenvalue weighted by Gasteiger charge is 2.02. The van der Waals surface area contributed by atoms with E-state index < -0.39 is 0 Å². The molecule has 20 heavy (non-hydrogen) atoms. The molecule has 0 aliphatic carbocycles. The summed E-state index contributed by atoms with van der Waals surface area (Å²) in [6.45, 7) is 4.27. The van der Waals surface area contributed by atoms with E-state index in [0.717, 1.165) is 11.3 Å². The van der Waals surface area contributed by atoms with Crippen molar-refractivity contribution in [3.63, 3.8) is 0 Å². The number of phenols is 1.